The molecule has 2 heterocycles. The Morgan fingerprint density at radius 1 is 1.33 bits per heavy atom. The van der Waals surface area contributed by atoms with Gasteiger partial charge in [-0.1, -0.05) is 28.7 Å². The molecule has 2 rings (SSSR count). The molecule has 2 aromatic heterocycles. The number of halogens is 1. The highest BCUT2D eigenvalue weighted by atomic mass is 127. The number of hydrogen-bond donors (Lipinski definition) is 2. The maximum atomic E-state index is 10.8. The summed E-state index contributed by atoms with van der Waals surface area (Å²) in [5, 5.41) is 27.1. The van der Waals surface area contributed by atoms with Gasteiger partial charge in [0.2, 0.25) is 0 Å². The Hall–Kier alpha value is -1.91. The van der Waals surface area contributed by atoms with Gasteiger partial charge in [0, 0.05) is 24.9 Å². The number of carboxylic acids is 1. The number of alkyl halides is 1. The fraction of sp³-hybridized carbons (Fsp3) is 0.333. The minimum absolute atomic E-state index is 0.350. The molecule has 0 aliphatic carbocycles. The quantitative estimate of drug-likeness (QED) is 0.546. The number of rotatable bonds is 6. The number of carboxylic acid groups (broad SMARTS) is 1. The van der Waals surface area contributed by atoms with Crippen molar-refractivity contribution in [3.05, 3.63) is 35.4 Å². The van der Waals surface area contributed by atoms with Crippen LogP contribution in [0, 0.1) is 6.92 Å². The molecule has 0 saturated carbocycles. The van der Waals surface area contributed by atoms with Gasteiger partial charge in [0.1, 0.15) is 3.92 Å². The molecule has 0 aliphatic rings. The lowest BCUT2D eigenvalue weighted by atomic mass is 10.2. The largest absolute Gasteiger partial charge is 0.480 e. The summed E-state index contributed by atoms with van der Waals surface area (Å²) in [4.78, 5) is 15.0. The second-order valence-electron chi connectivity index (χ2n) is 4.29. The molecular formula is C12H13IN6O2. The van der Waals surface area contributed by atoms with Gasteiger partial charge in [-0.15, -0.1) is 20.4 Å². The van der Waals surface area contributed by atoms with Crippen molar-refractivity contribution in [3.8, 4) is 0 Å². The van der Waals surface area contributed by atoms with Gasteiger partial charge in [0.25, 0.3) is 5.95 Å². The summed E-state index contributed by atoms with van der Waals surface area (Å²) in [5.41, 5.74) is 1.68. The van der Waals surface area contributed by atoms with Crippen molar-refractivity contribution in [2.45, 2.75) is 23.8 Å². The summed E-state index contributed by atoms with van der Waals surface area (Å²) < 4.78 is -0.475. The summed E-state index contributed by atoms with van der Waals surface area (Å²) in [6.07, 6.45) is 2.10. The highest BCUT2D eigenvalue weighted by Gasteiger charge is 2.14. The van der Waals surface area contributed by atoms with Crippen LogP contribution in [0.2, 0.25) is 0 Å². The number of anilines is 1. The lowest BCUT2D eigenvalue weighted by Gasteiger charge is -2.06. The number of aromatic nitrogens is 5. The van der Waals surface area contributed by atoms with Crippen LogP contribution in [0.5, 0.6) is 0 Å². The molecule has 0 radical (unpaired) electrons. The Kier molecular flexibility index (Phi) is 5.31. The van der Waals surface area contributed by atoms with E-state index in [1.54, 1.807) is 13.1 Å². The predicted octanol–water partition coefficient (Wildman–Crippen LogP) is 1.01. The van der Waals surface area contributed by atoms with Crippen molar-refractivity contribution in [2.24, 2.45) is 0 Å². The molecule has 8 nitrogen and oxygen atoms in total. The zero-order valence-corrected chi connectivity index (χ0v) is 13.4. The fourth-order valence-electron chi connectivity index (χ4n) is 1.48. The highest BCUT2D eigenvalue weighted by Crippen LogP contribution is 2.10. The van der Waals surface area contributed by atoms with Gasteiger partial charge < -0.3 is 10.4 Å². The Morgan fingerprint density at radius 2 is 2.05 bits per heavy atom. The number of aryl methyl sites for hydroxylation is 1. The first-order valence-electron chi connectivity index (χ1n) is 6.13. The van der Waals surface area contributed by atoms with Crippen LogP contribution in [0.1, 0.15) is 17.1 Å². The Labute approximate surface area is 134 Å². The normalized spacial score (nSPS) is 11.9. The maximum Gasteiger partial charge on any atom is 0.316 e. The van der Waals surface area contributed by atoms with Crippen molar-refractivity contribution < 1.29 is 9.90 Å². The average molecular weight is 400 g/mol. The first kappa shape index (κ1) is 15.5. The van der Waals surface area contributed by atoms with Crippen molar-refractivity contribution in [3.63, 3.8) is 0 Å². The average Bonchev–Trinajstić information content (AvgIpc) is 2.48. The zero-order valence-electron chi connectivity index (χ0n) is 11.2. The molecule has 0 spiro atoms. The first-order valence-corrected chi connectivity index (χ1v) is 7.37. The number of carbonyl (C=O) groups is 1. The van der Waals surface area contributed by atoms with Crippen LogP contribution < -0.4 is 5.32 Å². The van der Waals surface area contributed by atoms with Gasteiger partial charge in [-0.25, -0.2) is 0 Å². The summed E-state index contributed by atoms with van der Waals surface area (Å²) in [6, 6.07) is 3.70. The molecule has 0 unspecified atom stereocenters. The van der Waals surface area contributed by atoms with E-state index in [9.17, 15) is 4.79 Å². The molecule has 21 heavy (non-hydrogen) atoms. The van der Waals surface area contributed by atoms with E-state index in [0.29, 0.717) is 24.7 Å². The van der Waals surface area contributed by atoms with E-state index in [0.717, 1.165) is 11.3 Å². The molecular weight excluding hydrogens is 387 g/mol. The van der Waals surface area contributed by atoms with Gasteiger partial charge in [-0.2, -0.15) is 0 Å². The van der Waals surface area contributed by atoms with Gasteiger partial charge in [0.05, 0.1) is 0 Å². The van der Waals surface area contributed by atoms with Crippen LogP contribution in [0.25, 0.3) is 0 Å². The number of nitrogens with one attached hydrogen (secondary N) is 1. The summed E-state index contributed by atoms with van der Waals surface area (Å²) in [6.45, 7) is 2.20. The van der Waals surface area contributed by atoms with Crippen LogP contribution >= 0.6 is 22.6 Å². The van der Waals surface area contributed by atoms with E-state index in [-0.39, 0.29) is 0 Å². The number of nitrogens with zero attached hydrogens (tertiary/aromatic N) is 5. The molecule has 0 bridgehead atoms. The van der Waals surface area contributed by atoms with Gasteiger partial charge >= 0.3 is 5.97 Å². The monoisotopic (exact) mass is 400 g/mol. The lowest BCUT2D eigenvalue weighted by molar-refractivity contribution is -0.135. The predicted molar refractivity (Wildman–Crippen MR) is 83.1 cm³/mol. The van der Waals surface area contributed by atoms with Crippen LogP contribution in [0.15, 0.2) is 18.3 Å². The molecule has 9 heteroatoms. The summed E-state index contributed by atoms with van der Waals surface area (Å²) >= 11 is 1.89. The fourth-order valence-corrected chi connectivity index (χ4v) is 1.93. The van der Waals surface area contributed by atoms with Crippen LogP contribution in [0.4, 0.5) is 5.95 Å². The second-order valence-corrected chi connectivity index (χ2v) is 5.80. The third-order valence-electron chi connectivity index (χ3n) is 2.57. The van der Waals surface area contributed by atoms with E-state index in [4.69, 9.17) is 5.11 Å². The topological polar surface area (TPSA) is 114 Å². The SMILES string of the molecule is Cc1nnc(NCc2ccc(C[C@H](I)C(=O)O)nc2)nn1. The minimum Gasteiger partial charge on any atom is -0.480 e. The third kappa shape index (κ3) is 4.85. The molecule has 2 N–H and O–H groups in total. The molecule has 0 fully saturated rings. The van der Waals surface area contributed by atoms with Crippen LogP contribution in [-0.2, 0) is 17.8 Å². The maximum absolute atomic E-state index is 10.8. The second kappa shape index (κ2) is 7.20. The molecule has 0 amide bonds. The summed E-state index contributed by atoms with van der Waals surface area (Å²) in [7, 11) is 0. The van der Waals surface area contributed by atoms with Gasteiger partial charge in [-0.05, 0) is 18.6 Å². The van der Waals surface area contributed by atoms with Crippen molar-refractivity contribution in [2.75, 3.05) is 5.32 Å². The van der Waals surface area contributed by atoms with Gasteiger partial charge in [0.15, 0.2) is 5.82 Å². The zero-order chi connectivity index (χ0) is 15.2. The van der Waals surface area contributed by atoms with E-state index in [1.807, 2.05) is 34.7 Å². The number of hydrogen-bond acceptors (Lipinski definition) is 7. The van der Waals surface area contributed by atoms with Crippen LogP contribution in [-0.4, -0.2) is 40.4 Å². The molecule has 2 aromatic rings. The Balaban J connectivity index is 1.90. The summed E-state index contributed by atoms with van der Waals surface area (Å²) in [5.74, 6) is 0.0286. The Morgan fingerprint density at radius 3 is 2.62 bits per heavy atom. The lowest BCUT2D eigenvalue weighted by Crippen LogP contribution is -2.16. The molecule has 0 saturated heterocycles. The smallest absolute Gasteiger partial charge is 0.316 e. The minimum atomic E-state index is -0.834. The van der Waals surface area contributed by atoms with E-state index < -0.39 is 9.89 Å². The van der Waals surface area contributed by atoms with Crippen LogP contribution in [0.3, 0.4) is 0 Å². The van der Waals surface area contributed by atoms with Crippen molar-refractivity contribution in [1.29, 1.82) is 0 Å². The molecule has 0 aliphatic heterocycles. The van der Waals surface area contributed by atoms with Crippen molar-refractivity contribution in [1.82, 2.24) is 25.4 Å². The van der Waals surface area contributed by atoms with E-state index in [2.05, 4.69) is 30.7 Å². The Bertz CT molecular complexity index is 604. The number of pyridine rings is 1. The molecule has 110 valence electrons. The molecule has 1 atom stereocenters. The van der Waals surface area contributed by atoms with Gasteiger partial charge in [-0.3, -0.25) is 9.78 Å². The third-order valence-corrected chi connectivity index (χ3v) is 3.55. The first-order chi connectivity index (χ1) is 10.0. The van der Waals surface area contributed by atoms with E-state index in [1.165, 1.54) is 0 Å². The van der Waals surface area contributed by atoms with E-state index >= 15 is 0 Å². The van der Waals surface area contributed by atoms with Crippen molar-refractivity contribution >= 4 is 34.5 Å². The number of aliphatic carboxylic acids is 1. The molecule has 0 aromatic carbocycles. The highest BCUT2D eigenvalue weighted by molar-refractivity contribution is 14.1. The standard InChI is InChI=1S/C12H13IN6O2/c1-7-16-18-12(19-17-7)15-6-8-2-3-9(14-5-8)4-10(13)11(20)21/h2-3,5,10H,4,6H2,1H3,(H,20,21)(H,15,18,19)/t10-/m0/s1.